The Morgan fingerprint density at radius 1 is 1.41 bits per heavy atom. The van der Waals surface area contributed by atoms with Crippen molar-refractivity contribution in [2.24, 2.45) is 4.99 Å². The predicted molar refractivity (Wildman–Crippen MR) is 114 cm³/mol. The van der Waals surface area contributed by atoms with Crippen molar-refractivity contribution in [3.05, 3.63) is 47.2 Å². The third kappa shape index (κ3) is 4.27. The molecule has 29 heavy (non-hydrogen) atoms. The molecule has 154 valence electrons. The number of guanidine groups is 1. The monoisotopic (exact) mass is 395 g/mol. The lowest BCUT2D eigenvalue weighted by molar-refractivity contribution is 0.177. The molecule has 1 aliphatic heterocycles. The molecule has 8 nitrogen and oxygen atoms in total. The number of aryl methyl sites for hydroxylation is 2. The van der Waals surface area contributed by atoms with E-state index in [0.717, 1.165) is 50.0 Å². The van der Waals surface area contributed by atoms with Crippen LogP contribution in [-0.2, 0) is 30.7 Å². The van der Waals surface area contributed by atoms with Gasteiger partial charge in [-0.1, -0.05) is 12.1 Å². The zero-order valence-corrected chi connectivity index (χ0v) is 17.3. The van der Waals surface area contributed by atoms with Crippen LogP contribution < -0.4 is 10.6 Å². The van der Waals surface area contributed by atoms with Gasteiger partial charge in [0.15, 0.2) is 11.8 Å². The molecule has 1 aromatic carbocycles. The number of H-pyrrole nitrogens is 1. The number of aromatic amines is 1. The highest BCUT2D eigenvalue weighted by molar-refractivity contribution is 5.86. The summed E-state index contributed by atoms with van der Waals surface area (Å²) in [6, 6.07) is 6.65. The number of nitrogens with one attached hydrogen (secondary N) is 3. The number of benzene rings is 1. The average Bonchev–Trinajstić information content (AvgIpc) is 3.31. The summed E-state index contributed by atoms with van der Waals surface area (Å²) in [5.74, 6) is 2.61. The largest absolute Gasteiger partial charge is 0.377 e. The van der Waals surface area contributed by atoms with E-state index in [0.29, 0.717) is 6.61 Å². The summed E-state index contributed by atoms with van der Waals surface area (Å²) < 4.78 is 7.12. The number of methoxy groups -OCH3 is 1. The fourth-order valence-electron chi connectivity index (χ4n) is 4.02. The smallest absolute Gasteiger partial charge is 0.191 e. The van der Waals surface area contributed by atoms with E-state index in [1.165, 1.54) is 22.0 Å². The van der Waals surface area contributed by atoms with E-state index in [4.69, 9.17) is 4.74 Å². The SMILES string of the molecule is CN=C(NCCc1c[nH]c2cccc(C)c12)NC1CCc2nc(COC)nn2C1. The van der Waals surface area contributed by atoms with Gasteiger partial charge in [-0.3, -0.25) is 4.99 Å². The molecule has 1 unspecified atom stereocenters. The minimum atomic E-state index is 0.279. The number of hydrogen-bond acceptors (Lipinski definition) is 4. The number of ether oxygens (including phenoxy) is 1. The molecule has 3 N–H and O–H groups in total. The zero-order valence-electron chi connectivity index (χ0n) is 17.3. The Labute approximate surface area is 170 Å². The number of nitrogens with zero attached hydrogens (tertiary/aromatic N) is 4. The Morgan fingerprint density at radius 2 is 2.31 bits per heavy atom. The molecule has 0 saturated carbocycles. The second-order valence-corrected chi connectivity index (χ2v) is 7.50. The number of aliphatic imine (C=N–C) groups is 1. The van der Waals surface area contributed by atoms with Crippen molar-refractivity contribution in [2.75, 3.05) is 20.7 Å². The first-order valence-electron chi connectivity index (χ1n) is 10.1. The Hall–Kier alpha value is -2.87. The maximum atomic E-state index is 5.14. The van der Waals surface area contributed by atoms with Crippen LogP contribution >= 0.6 is 0 Å². The normalized spacial score (nSPS) is 16.8. The van der Waals surface area contributed by atoms with Gasteiger partial charge >= 0.3 is 0 Å². The first-order valence-corrected chi connectivity index (χ1v) is 10.1. The summed E-state index contributed by atoms with van der Waals surface area (Å²) in [5, 5.41) is 12.8. The maximum Gasteiger partial charge on any atom is 0.191 e. The van der Waals surface area contributed by atoms with Gasteiger partial charge in [0.2, 0.25) is 0 Å². The van der Waals surface area contributed by atoms with Crippen molar-refractivity contribution in [3.8, 4) is 0 Å². The first kappa shape index (κ1) is 19.4. The molecule has 2 aromatic heterocycles. The summed E-state index contributed by atoms with van der Waals surface area (Å²) in [6.45, 7) is 4.22. The lowest BCUT2D eigenvalue weighted by Crippen LogP contribution is -2.47. The van der Waals surface area contributed by atoms with E-state index < -0.39 is 0 Å². The minimum Gasteiger partial charge on any atom is -0.377 e. The van der Waals surface area contributed by atoms with Gasteiger partial charge < -0.3 is 20.4 Å². The molecule has 1 atom stereocenters. The van der Waals surface area contributed by atoms with Crippen LogP contribution in [0.4, 0.5) is 0 Å². The first-order chi connectivity index (χ1) is 14.2. The van der Waals surface area contributed by atoms with Gasteiger partial charge in [-0.2, -0.15) is 5.10 Å². The molecule has 0 amide bonds. The van der Waals surface area contributed by atoms with E-state index in [-0.39, 0.29) is 6.04 Å². The third-order valence-electron chi connectivity index (χ3n) is 5.42. The summed E-state index contributed by atoms with van der Waals surface area (Å²) >= 11 is 0. The number of hydrogen-bond donors (Lipinski definition) is 3. The van der Waals surface area contributed by atoms with E-state index in [1.54, 1.807) is 7.11 Å². The van der Waals surface area contributed by atoms with Gasteiger partial charge in [0.05, 0.1) is 6.54 Å². The topological polar surface area (TPSA) is 92.2 Å². The van der Waals surface area contributed by atoms with Gasteiger partial charge in [-0.05, 0) is 37.0 Å². The van der Waals surface area contributed by atoms with Crippen LogP contribution in [0.15, 0.2) is 29.4 Å². The van der Waals surface area contributed by atoms with Gasteiger partial charge in [-0.15, -0.1) is 0 Å². The van der Waals surface area contributed by atoms with Gasteiger partial charge in [-0.25, -0.2) is 9.67 Å². The lowest BCUT2D eigenvalue weighted by Gasteiger charge is -2.25. The summed E-state index contributed by atoms with van der Waals surface area (Å²) in [4.78, 5) is 12.3. The van der Waals surface area contributed by atoms with Crippen LogP contribution in [0.1, 0.15) is 29.2 Å². The Morgan fingerprint density at radius 3 is 3.14 bits per heavy atom. The van der Waals surface area contributed by atoms with Gasteiger partial charge in [0, 0.05) is 50.3 Å². The summed E-state index contributed by atoms with van der Waals surface area (Å²) in [5.41, 5.74) is 3.83. The van der Waals surface area contributed by atoms with Crippen molar-refractivity contribution in [2.45, 2.75) is 45.4 Å². The highest BCUT2D eigenvalue weighted by Crippen LogP contribution is 2.22. The summed E-state index contributed by atoms with van der Waals surface area (Å²) in [7, 11) is 3.48. The van der Waals surface area contributed by atoms with Crippen molar-refractivity contribution in [3.63, 3.8) is 0 Å². The molecule has 3 aromatic rings. The van der Waals surface area contributed by atoms with E-state index >= 15 is 0 Å². The molecule has 0 radical (unpaired) electrons. The lowest BCUT2D eigenvalue weighted by atomic mass is 10.1. The zero-order chi connectivity index (χ0) is 20.2. The van der Waals surface area contributed by atoms with Crippen molar-refractivity contribution >= 4 is 16.9 Å². The molecular formula is C21H29N7O. The fraction of sp³-hybridized carbons (Fsp3) is 0.476. The highest BCUT2D eigenvalue weighted by atomic mass is 16.5. The van der Waals surface area contributed by atoms with Crippen LogP contribution in [0.3, 0.4) is 0 Å². The predicted octanol–water partition coefficient (Wildman–Crippen LogP) is 1.94. The van der Waals surface area contributed by atoms with Gasteiger partial charge in [0.1, 0.15) is 12.4 Å². The van der Waals surface area contributed by atoms with Crippen LogP contribution in [0.25, 0.3) is 10.9 Å². The second-order valence-electron chi connectivity index (χ2n) is 7.50. The molecule has 0 aliphatic carbocycles. The molecular weight excluding hydrogens is 366 g/mol. The average molecular weight is 396 g/mol. The molecule has 0 saturated heterocycles. The quantitative estimate of drug-likeness (QED) is 0.438. The van der Waals surface area contributed by atoms with Gasteiger partial charge in [0.25, 0.3) is 0 Å². The number of aromatic nitrogens is 4. The molecule has 8 heteroatoms. The maximum absolute atomic E-state index is 5.14. The number of rotatable bonds is 6. The van der Waals surface area contributed by atoms with Crippen molar-refractivity contribution in [1.29, 1.82) is 0 Å². The van der Waals surface area contributed by atoms with E-state index in [2.05, 4.69) is 62.0 Å². The van der Waals surface area contributed by atoms with Crippen LogP contribution in [0.5, 0.6) is 0 Å². The van der Waals surface area contributed by atoms with E-state index in [9.17, 15) is 0 Å². The molecule has 0 spiro atoms. The molecule has 0 bridgehead atoms. The molecule has 0 fully saturated rings. The molecule has 3 heterocycles. The van der Waals surface area contributed by atoms with Crippen LogP contribution in [-0.4, -0.2) is 52.5 Å². The Kier molecular flexibility index (Phi) is 5.80. The minimum absolute atomic E-state index is 0.279. The van der Waals surface area contributed by atoms with Crippen LogP contribution in [0, 0.1) is 6.92 Å². The Bertz CT molecular complexity index is 1000. The Balaban J connectivity index is 1.32. The van der Waals surface area contributed by atoms with Crippen molar-refractivity contribution < 1.29 is 4.74 Å². The van der Waals surface area contributed by atoms with Crippen molar-refractivity contribution in [1.82, 2.24) is 30.4 Å². The fourth-order valence-corrected chi connectivity index (χ4v) is 4.02. The van der Waals surface area contributed by atoms with E-state index in [1.807, 2.05) is 11.7 Å². The second kappa shape index (κ2) is 8.65. The molecule has 4 rings (SSSR count). The highest BCUT2D eigenvalue weighted by Gasteiger charge is 2.22. The molecule has 1 aliphatic rings. The third-order valence-corrected chi connectivity index (χ3v) is 5.42. The number of fused-ring (bicyclic) bond motifs is 2. The summed E-state index contributed by atoms with van der Waals surface area (Å²) in [6.07, 6.45) is 4.96. The standard InChI is InChI=1S/C21H29N7O/c1-14-5-4-6-17-20(14)15(11-24-17)9-10-23-21(22-2)25-16-7-8-19-26-18(13-29-3)27-28(19)12-16/h4-6,11,16,24H,7-10,12-13H2,1-3H3,(H2,22,23,25). The van der Waals surface area contributed by atoms with Crippen LogP contribution in [0.2, 0.25) is 0 Å².